The van der Waals surface area contributed by atoms with Gasteiger partial charge in [-0.15, -0.1) is 0 Å². The lowest BCUT2D eigenvalue weighted by Gasteiger charge is -2.46. The van der Waals surface area contributed by atoms with Crippen molar-refractivity contribution in [1.29, 1.82) is 0 Å². The summed E-state index contributed by atoms with van der Waals surface area (Å²) in [5.41, 5.74) is 1.68. The fourth-order valence-electron chi connectivity index (χ4n) is 2.95. The van der Waals surface area contributed by atoms with Gasteiger partial charge in [0.05, 0.1) is 0 Å². The van der Waals surface area contributed by atoms with Crippen LogP contribution >= 0.6 is 10.0 Å². The summed E-state index contributed by atoms with van der Waals surface area (Å²) >= 11 is 0. The number of carbonyl (C=O) groups excluding carboxylic acids is 1. The third-order valence-electron chi connectivity index (χ3n) is 3.98. The molecule has 0 heterocycles. The summed E-state index contributed by atoms with van der Waals surface area (Å²) in [6, 6.07) is 7.66. The quantitative estimate of drug-likeness (QED) is 0.550. The summed E-state index contributed by atoms with van der Waals surface area (Å²) in [5.74, 6) is 3.45. The third-order valence-corrected chi connectivity index (χ3v) is 9.12. The maximum absolute atomic E-state index is 11.5. The van der Waals surface area contributed by atoms with Gasteiger partial charge in [0, 0.05) is 11.1 Å². The van der Waals surface area contributed by atoms with Gasteiger partial charge in [-0.3, -0.25) is 4.79 Å². The fourth-order valence-corrected chi connectivity index (χ4v) is 7.22. The van der Waals surface area contributed by atoms with Crippen LogP contribution in [0.5, 0.6) is 0 Å². The van der Waals surface area contributed by atoms with E-state index in [-0.39, 0.29) is 5.78 Å². The van der Waals surface area contributed by atoms with E-state index in [1.165, 1.54) is 0 Å². The number of benzene rings is 1. The second kappa shape index (κ2) is 7.18. The summed E-state index contributed by atoms with van der Waals surface area (Å²) in [7, 11) is -1.02. The van der Waals surface area contributed by atoms with Crippen LogP contribution in [-0.4, -0.2) is 21.5 Å². The van der Waals surface area contributed by atoms with Crippen molar-refractivity contribution in [3.05, 3.63) is 35.4 Å². The minimum Gasteiger partial charge on any atom is -0.295 e. The molecule has 0 saturated heterocycles. The molecule has 0 fully saturated rings. The molecule has 0 aromatic heterocycles. The Hall–Kier alpha value is -1.20. The van der Waals surface area contributed by atoms with E-state index in [1.807, 2.05) is 24.3 Å². The first-order valence-electron chi connectivity index (χ1n) is 7.65. The summed E-state index contributed by atoms with van der Waals surface area (Å²) in [6.45, 7) is 15.3. The highest BCUT2D eigenvalue weighted by Gasteiger charge is 2.32. The molecule has 0 amide bonds. The average molecular weight is 304 g/mol. The SMILES string of the molecule is CC(=O)c1cccc(C#CS(C(C)C)(C(C)C)C(C)C)c1. The minimum atomic E-state index is -1.02. The molecule has 0 aliphatic heterocycles. The van der Waals surface area contributed by atoms with Gasteiger partial charge in [0.2, 0.25) is 0 Å². The monoisotopic (exact) mass is 304 g/mol. The molecule has 0 spiro atoms. The van der Waals surface area contributed by atoms with Crippen LogP contribution < -0.4 is 0 Å². The number of hydrogen-bond acceptors (Lipinski definition) is 1. The number of Topliss-reactive ketones (excluding diaryl/α,β-unsaturated/α-hetero) is 1. The maximum Gasteiger partial charge on any atom is 0.159 e. The molecule has 0 unspecified atom stereocenters. The first kappa shape index (κ1) is 17.9. The van der Waals surface area contributed by atoms with Gasteiger partial charge in [0.25, 0.3) is 0 Å². The Kier molecular flexibility index (Phi) is 6.10. The molecule has 0 N–H and O–H groups in total. The zero-order valence-electron chi connectivity index (χ0n) is 14.4. The summed E-state index contributed by atoms with van der Waals surface area (Å²) in [6.07, 6.45) is 0. The van der Waals surface area contributed by atoms with Crippen molar-refractivity contribution in [2.75, 3.05) is 0 Å². The third kappa shape index (κ3) is 3.92. The van der Waals surface area contributed by atoms with Crippen LogP contribution in [0.4, 0.5) is 0 Å². The molecule has 0 aliphatic carbocycles. The van der Waals surface area contributed by atoms with Crippen LogP contribution in [0.25, 0.3) is 0 Å². The van der Waals surface area contributed by atoms with Crippen molar-refractivity contribution in [2.45, 2.75) is 64.2 Å². The molecular weight excluding hydrogens is 276 g/mol. The molecule has 21 heavy (non-hydrogen) atoms. The Morgan fingerprint density at radius 3 is 1.95 bits per heavy atom. The molecule has 1 nitrogen and oxygen atoms in total. The molecule has 0 atom stereocenters. The number of hydrogen-bond donors (Lipinski definition) is 0. The van der Waals surface area contributed by atoms with Crippen LogP contribution in [0.2, 0.25) is 0 Å². The topological polar surface area (TPSA) is 17.1 Å². The van der Waals surface area contributed by atoms with E-state index in [4.69, 9.17) is 0 Å². The smallest absolute Gasteiger partial charge is 0.159 e. The van der Waals surface area contributed by atoms with Gasteiger partial charge in [-0.1, -0.05) is 59.6 Å². The summed E-state index contributed by atoms with van der Waals surface area (Å²) in [5, 5.41) is 5.35. The highest BCUT2D eigenvalue weighted by atomic mass is 32.3. The molecular formula is C19H28OS. The van der Waals surface area contributed by atoms with Crippen LogP contribution in [0.3, 0.4) is 0 Å². The van der Waals surface area contributed by atoms with Crippen LogP contribution in [-0.2, 0) is 0 Å². The Balaban J connectivity index is 3.28. The fraction of sp³-hybridized carbons (Fsp3) is 0.526. The maximum atomic E-state index is 11.5. The first-order valence-corrected chi connectivity index (χ1v) is 9.47. The van der Waals surface area contributed by atoms with Gasteiger partial charge >= 0.3 is 0 Å². The summed E-state index contributed by atoms with van der Waals surface area (Å²) in [4.78, 5) is 11.5. The van der Waals surface area contributed by atoms with E-state index in [0.29, 0.717) is 15.7 Å². The zero-order valence-corrected chi connectivity index (χ0v) is 15.2. The molecule has 0 saturated carbocycles. The standard InChI is InChI=1S/C19H28OS/c1-14(2)21(15(3)4,16(5)6)12-11-18-9-8-10-19(13-18)17(7)20/h8-10,13-16H,1-7H3. The lowest BCUT2D eigenvalue weighted by Crippen LogP contribution is -2.27. The van der Waals surface area contributed by atoms with E-state index in [1.54, 1.807) is 6.92 Å². The Bertz CT molecular complexity index is 537. The van der Waals surface area contributed by atoms with Crippen LogP contribution in [0.1, 0.15) is 64.4 Å². The van der Waals surface area contributed by atoms with Crippen molar-refractivity contribution < 1.29 is 4.79 Å². The molecule has 0 bridgehead atoms. The normalized spacial score (nSPS) is 12.5. The van der Waals surface area contributed by atoms with E-state index in [2.05, 4.69) is 52.7 Å². The van der Waals surface area contributed by atoms with Crippen LogP contribution in [0.15, 0.2) is 24.3 Å². The van der Waals surface area contributed by atoms with Gasteiger partial charge in [0.1, 0.15) is 0 Å². The number of rotatable bonds is 4. The Morgan fingerprint density at radius 2 is 1.52 bits per heavy atom. The molecule has 0 radical (unpaired) electrons. The zero-order chi connectivity index (χ0) is 16.2. The largest absolute Gasteiger partial charge is 0.295 e. The van der Waals surface area contributed by atoms with Gasteiger partial charge in [-0.05, 0) is 40.1 Å². The van der Waals surface area contributed by atoms with Crippen molar-refractivity contribution in [3.63, 3.8) is 0 Å². The van der Waals surface area contributed by atoms with Gasteiger partial charge in [-0.2, -0.15) is 10.0 Å². The van der Waals surface area contributed by atoms with E-state index < -0.39 is 10.0 Å². The lowest BCUT2D eigenvalue weighted by molar-refractivity contribution is 0.101. The van der Waals surface area contributed by atoms with Crippen molar-refractivity contribution in [1.82, 2.24) is 0 Å². The van der Waals surface area contributed by atoms with Crippen molar-refractivity contribution >= 4 is 15.8 Å². The van der Waals surface area contributed by atoms with Gasteiger partial charge in [0.15, 0.2) is 5.78 Å². The molecule has 0 aliphatic rings. The molecule has 116 valence electrons. The van der Waals surface area contributed by atoms with Crippen molar-refractivity contribution in [2.24, 2.45) is 0 Å². The predicted octanol–water partition coefficient (Wildman–Crippen LogP) is 5.23. The van der Waals surface area contributed by atoms with Crippen molar-refractivity contribution in [3.8, 4) is 11.2 Å². The van der Waals surface area contributed by atoms with E-state index in [9.17, 15) is 4.79 Å². The molecule has 1 aromatic carbocycles. The highest BCUT2D eigenvalue weighted by Crippen LogP contribution is 2.59. The van der Waals surface area contributed by atoms with E-state index >= 15 is 0 Å². The van der Waals surface area contributed by atoms with Crippen LogP contribution in [0, 0.1) is 11.2 Å². The van der Waals surface area contributed by atoms with Gasteiger partial charge in [-0.25, -0.2) is 0 Å². The summed E-state index contributed by atoms with van der Waals surface area (Å²) < 4.78 is 0. The van der Waals surface area contributed by atoms with E-state index in [0.717, 1.165) is 11.1 Å². The highest BCUT2D eigenvalue weighted by molar-refractivity contribution is 8.38. The Labute approximate surface area is 131 Å². The second-order valence-electron chi connectivity index (χ2n) is 6.27. The molecule has 1 rings (SSSR count). The second-order valence-corrected chi connectivity index (χ2v) is 10.8. The molecule has 2 heteroatoms. The lowest BCUT2D eigenvalue weighted by atomic mass is 10.1. The number of ketones is 1. The minimum absolute atomic E-state index is 0.0915. The first-order chi connectivity index (χ1) is 9.71. The molecule has 1 aromatic rings. The Morgan fingerprint density at radius 1 is 1.00 bits per heavy atom. The predicted molar refractivity (Wildman–Crippen MR) is 96.3 cm³/mol. The average Bonchev–Trinajstić information content (AvgIpc) is 2.38. The van der Waals surface area contributed by atoms with Gasteiger partial charge < -0.3 is 0 Å². The number of carbonyl (C=O) groups is 1.